The molecule has 61 heavy (non-hydrogen) atoms. The van der Waals surface area contributed by atoms with E-state index in [0.717, 1.165) is 51.4 Å². The highest BCUT2D eigenvalue weighted by Crippen LogP contribution is 2.43. The Kier molecular flexibility index (Phi) is 42.2. The molecule has 0 radical (unpaired) electrons. The Morgan fingerprint density at radius 3 is 1.36 bits per heavy atom. The van der Waals surface area contributed by atoms with Gasteiger partial charge in [0.25, 0.3) is 0 Å². The number of carbonyl (C=O) groups is 2. The first-order valence-corrected chi connectivity index (χ1v) is 24.3. The molecule has 11 heteroatoms. The fraction of sp³-hybridized carbons (Fsp3) is 0.600. The molecule has 0 fully saturated rings. The second kappa shape index (κ2) is 44.7. The molecule has 0 aliphatic heterocycles. The molecule has 0 saturated carbocycles. The van der Waals surface area contributed by atoms with Crippen molar-refractivity contribution in [2.75, 3.05) is 26.4 Å². The number of phosphoric ester groups is 1. The van der Waals surface area contributed by atoms with Crippen LogP contribution in [0.4, 0.5) is 0 Å². The number of ether oxygens (including phenoxy) is 2. The Labute approximate surface area is 369 Å². The van der Waals surface area contributed by atoms with E-state index in [1.54, 1.807) is 0 Å². The van der Waals surface area contributed by atoms with Crippen molar-refractivity contribution in [3.05, 3.63) is 109 Å². The van der Waals surface area contributed by atoms with Gasteiger partial charge >= 0.3 is 19.8 Å². The van der Waals surface area contributed by atoms with Gasteiger partial charge in [-0.05, 0) is 89.9 Å². The lowest BCUT2D eigenvalue weighted by Crippen LogP contribution is -2.29. The van der Waals surface area contributed by atoms with Crippen molar-refractivity contribution in [3.63, 3.8) is 0 Å². The standard InChI is InChI=1S/C50H81O10P/c1-3-5-7-9-11-13-15-17-19-21-22-23-24-26-27-29-31-33-35-37-39-41-49(53)57-45-48(46-59-61(55,56)58-44-47(52)43-51)60-50(54)42-40-38-36-34-32-30-28-25-20-18-16-14-12-10-8-6-4-2/h6,8,12,14,18-21,23-24,27-30,33-36,47-48,51-52H,3-5,7,9-11,13,15-17,22,25-26,31-32,37-46H2,1-2H3,(H,55,56)/b8-6+,14-12+,20-18+,21-19+,24-23+,29-27+,30-28+,35-33+,36-34+/t47-,48+/m0/s1. The van der Waals surface area contributed by atoms with Gasteiger partial charge in [-0.1, -0.05) is 162 Å². The first-order valence-electron chi connectivity index (χ1n) is 22.8. The molecule has 10 nitrogen and oxygen atoms in total. The van der Waals surface area contributed by atoms with Gasteiger partial charge in [-0.3, -0.25) is 18.6 Å². The van der Waals surface area contributed by atoms with Gasteiger partial charge in [-0.15, -0.1) is 0 Å². The predicted octanol–water partition coefficient (Wildman–Crippen LogP) is 12.6. The summed E-state index contributed by atoms with van der Waals surface area (Å²) in [6.07, 6.45) is 56.4. The van der Waals surface area contributed by atoms with Gasteiger partial charge in [-0.25, -0.2) is 4.57 Å². The SMILES string of the molecule is CC/C=C/C/C=C/C/C=C/C/C=C/C/C=C/CCCC(=O)O[C@H](COC(=O)CCC/C=C/C/C=C/C/C=C/C/C=C/CCCCCCCCC)COP(=O)(O)OC[C@@H](O)CO. The Hall–Kier alpha value is -3.37. The van der Waals surface area contributed by atoms with Gasteiger partial charge in [-0.2, -0.15) is 0 Å². The van der Waals surface area contributed by atoms with Crippen LogP contribution in [0.15, 0.2) is 109 Å². The molecule has 3 atom stereocenters. The number of aliphatic hydroxyl groups is 2. The zero-order valence-electron chi connectivity index (χ0n) is 37.6. The molecule has 0 saturated heterocycles. The average molecular weight is 873 g/mol. The molecule has 0 aliphatic rings. The third-order valence-corrected chi connectivity index (χ3v) is 9.86. The van der Waals surface area contributed by atoms with E-state index in [-0.39, 0.29) is 19.4 Å². The van der Waals surface area contributed by atoms with Crippen LogP contribution in [0, 0.1) is 0 Å². The number of phosphoric acid groups is 1. The van der Waals surface area contributed by atoms with Gasteiger partial charge in [0.2, 0.25) is 0 Å². The Balaban J connectivity index is 4.47. The summed E-state index contributed by atoms with van der Waals surface area (Å²) in [6.45, 7) is 2.11. The predicted molar refractivity (Wildman–Crippen MR) is 251 cm³/mol. The molecule has 0 aliphatic carbocycles. The zero-order chi connectivity index (χ0) is 44.8. The van der Waals surface area contributed by atoms with Crippen LogP contribution < -0.4 is 0 Å². The molecule has 0 rings (SSSR count). The van der Waals surface area contributed by atoms with Crippen LogP contribution in [-0.4, -0.2) is 65.7 Å². The Bertz CT molecular complexity index is 1370. The van der Waals surface area contributed by atoms with Crippen LogP contribution in [0.3, 0.4) is 0 Å². The van der Waals surface area contributed by atoms with Crippen molar-refractivity contribution in [1.29, 1.82) is 0 Å². The van der Waals surface area contributed by atoms with E-state index in [9.17, 15) is 24.2 Å². The number of esters is 2. The minimum absolute atomic E-state index is 0.0873. The fourth-order valence-electron chi connectivity index (χ4n) is 5.43. The van der Waals surface area contributed by atoms with Gasteiger partial charge in [0.1, 0.15) is 12.7 Å². The van der Waals surface area contributed by atoms with Crippen LogP contribution in [0.2, 0.25) is 0 Å². The normalized spacial score (nSPS) is 14.8. The monoisotopic (exact) mass is 873 g/mol. The Morgan fingerprint density at radius 2 is 0.902 bits per heavy atom. The molecule has 0 aromatic carbocycles. The van der Waals surface area contributed by atoms with E-state index in [4.69, 9.17) is 19.1 Å². The molecule has 0 bridgehead atoms. The van der Waals surface area contributed by atoms with Crippen LogP contribution >= 0.6 is 7.82 Å². The van der Waals surface area contributed by atoms with Crippen molar-refractivity contribution >= 4 is 19.8 Å². The van der Waals surface area contributed by atoms with Crippen LogP contribution in [0.5, 0.6) is 0 Å². The van der Waals surface area contributed by atoms with E-state index >= 15 is 0 Å². The molecular formula is C50H81O10P. The summed E-state index contributed by atoms with van der Waals surface area (Å²) in [5, 5.41) is 18.3. The lowest BCUT2D eigenvalue weighted by atomic mass is 10.1. The number of hydrogen-bond acceptors (Lipinski definition) is 9. The first kappa shape index (κ1) is 57.6. The highest BCUT2D eigenvalue weighted by Gasteiger charge is 2.27. The number of unbranched alkanes of at least 4 members (excludes halogenated alkanes) is 9. The highest BCUT2D eigenvalue weighted by atomic mass is 31.2. The second-order valence-electron chi connectivity index (χ2n) is 14.7. The second-order valence-corrected chi connectivity index (χ2v) is 16.1. The van der Waals surface area contributed by atoms with E-state index in [1.165, 1.54) is 51.4 Å². The maximum absolute atomic E-state index is 12.6. The molecule has 0 heterocycles. The van der Waals surface area contributed by atoms with Crippen molar-refractivity contribution in [2.45, 2.75) is 167 Å². The summed E-state index contributed by atoms with van der Waals surface area (Å²) >= 11 is 0. The van der Waals surface area contributed by atoms with E-state index in [0.29, 0.717) is 25.7 Å². The lowest BCUT2D eigenvalue weighted by Gasteiger charge is -2.20. The molecule has 0 aromatic heterocycles. The molecular weight excluding hydrogens is 792 g/mol. The van der Waals surface area contributed by atoms with E-state index < -0.39 is 51.8 Å². The largest absolute Gasteiger partial charge is 0.472 e. The molecule has 0 aromatic rings. The Morgan fingerprint density at radius 1 is 0.508 bits per heavy atom. The molecule has 3 N–H and O–H groups in total. The van der Waals surface area contributed by atoms with Crippen molar-refractivity contribution in [2.24, 2.45) is 0 Å². The summed E-state index contributed by atoms with van der Waals surface area (Å²) < 4.78 is 32.6. The highest BCUT2D eigenvalue weighted by molar-refractivity contribution is 7.47. The summed E-state index contributed by atoms with van der Waals surface area (Å²) in [6, 6.07) is 0. The van der Waals surface area contributed by atoms with Crippen LogP contribution in [0.1, 0.15) is 155 Å². The van der Waals surface area contributed by atoms with Crippen molar-refractivity contribution in [1.82, 2.24) is 0 Å². The van der Waals surface area contributed by atoms with Crippen LogP contribution in [0.25, 0.3) is 0 Å². The number of carbonyl (C=O) groups excluding carboxylic acids is 2. The number of allylic oxidation sites excluding steroid dienone is 18. The molecule has 1 unspecified atom stereocenters. The summed E-state index contributed by atoms with van der Waals surface area (Å²) in [5.74, 6) is -1.07. The number of aliphatic hydroxyl groups excluding tert-OH is 2. The maximum atomic E-state index is 12.6. The lowest BCUT2D eigenvalue weighted by molar-refractivity contribution is -0.161. The molecule has 346 valence electrons. The number of rotatable bonds is 41. The van der Waals surface area contributed by atoms with Gasteiger partial charge in [0.05, 0.1) is 19.8 Å². The van der Waals surface area contributed by atoms with Gasteiger partial charge < -0.3 is 24.6 Å². The van der Waals surface area contributed by atoms with Crippen molar-refractivity contribution in [3.8, 4) is 0 Å². The fourth-order valence-corrected chi connectivity index (χ4v) is 6.22. The topological polar surface area (TPSA) is 149 Å². The first-order chi connectivity index (χ1) is 29.7. The minimum Gasteiger partial charge on any atom is -0.462 e. The molecule has 0 spiro atoms. The summed E-state index contributed by atoms with van der Waals surface area (Å²) in [5.41, 5.74) is 0. The summed E-state index contributed by atoms with van der Waals surface area (Å²) in [7, 11) is -4.66. The van der Waals surface area contributed by atoms with E-state index in [1.807, 2.05) is 18.2 Å². The maximum Gasteiger partial charge on any atom is 0.472 e. The van der Waals surface area contributed by atoms with Gasteiger partial charge in [0, 0.05) is 12.8 Å². The molecule has 0 amide bonds. The third kappa shape index (κ3) is 44.5. The van der Waals surface area contributed by atoms with Crippen molar-refractivity contribution < 1.29 is 47.8 Å². The summed E-state index contributed by atoms with van der Waals surface area (Å²) in [4.78, 5) is 35.0. The van der Waals surface area contributed by atoms with Gasteiger partial charge in [0.15, 0.2) is 6.10 Å². The quantitative estimate of drug-likeness (QED) is 0.0235. The number of hydrogen-bond donors (Lipinski definition) is 3. The third-order valence-electron chi connectivity index (χ3n) is 8.91. The zero-order valence-corrected chi connectivity index (χ0v) is 38.5. The van der Waals surface area contributed by atoms with E-state index in [2.05, 4.69) is 110 Å². The minimum atomic E-state index is -4.66. The smallest absolute Gasteiger partial charge is 0.462 e. The van der Waals surface area contributed by atoms with Crippen LogP contribution in [-0.2, 0) is 32.7 Å². The average Bonchev–Trinajstić information content (AvgIpc) is 3.25.